The molecule has 0 heterocycles. The predicted molar refractivity (Wildman–Crippen MR) is 77.5 cm³/mol. The highest BCUT2D eigenvalue weighted by molar-refractivity contribution is 5.97. The molecule has 1 aliphatic carbocycles. The minimum atomic E-state index is -0.296. The number of rotatable bonds is 4. The van der Waals surface area contributed by atoms with Crippen molar-refractivity contribution in [3.63, 3.8) is 0 Å². The molecule has 2 aromatic carbocycles. The van der Waals surface area contributed by atoms with Crippen molar-refractivity contribution in [3.8, 4) is 0 Å². The summed E-state index contributed by atoms with van der Waals surface area (Å²) in [5.41, 5.74) is 2.76. The Labute approximate surface area is 118 Å². The summed E-state index contributed by atoms with van der Waals surface area (Å²) < 4.78 is 13.1. The molecule has 1 nitrogen and oxygen atoms in total. The third kappa shape index (κ3) is 2.79. The van der Waals surface area contributed by atoms with E-state index in [-0.39, 0.29) is 18.0 Å². The highest BCUT2D eigenvalue weighted by Crippen LogP contribution is 2.36. The molecule has 0 unspecified atom stereocenters. The van der Waals surface area contributed by atoms with Crippen LogP contribution < -0.4 is 0 Å². The fourth-order valence-corrected chi connectivity index (χ4v) is 2.62. The summed E-state index contributed by atoms with van der Waals surface area (Å²) in [6.45, 7) is 0. The minimum absolute atomic E-state index is 0.0377. The van der Waals surface area contributed by atoms with Gasteiger partial charge in [-0.05, 0) is 42.0 Å². The molecule has 1 fully saturated rings. The van der Waals surface area contributed by atoms with Gasteiger partial charge in [-0.1, -0.05) is 42.8 Å². The first kappa shape index (κ1) is 13.0. The highest BCUT2D eigenvalue weighted by atomic mass is 19.1. The molecule has 0 atom stereocenters. The molecule has 1 saturated carbocycles. The third-order valence-corrected chi connectivity index (χ3v) is 4.06. The first-order valence-corrected chi connectivity index (χ1v) is 7.10. The normalized spacial score (nSPS) is 14.8. The summed E-state index contributed by atoms with van der Waals surface area (Å²) in [5, 5.41) is 0. The smallest absolute Gasteiger partial charge is 0.167 e. The van der Waals surface area contributed by atoms with Crippen molar-refractivity contribution < 1.29 is 9.18 Å². The molecule has 0 aliphatic heterocycles. The summed E-state index contributed by atoms with van der Waals surface area (Å²) in [5.74, 6) is 0.425. The number of hydrogen-bond donors (Lipinski definition) is 0. The van der Waals surface area contributed by atoms with Crippen molar-refractivity contribution in [1.29, 1.82) is 0 Å². The van der Waals surface area contributed by atoms with E-state index in [2.05, 4.69) is 12.1 Å². The number of Topliss-reactive ketones (excluding diaryl/α,β-unsaturated/α-hetero) is 1. The first-order chi connectivity index (χ1) is 9.72. The Bertz CT molecular complexity index is 612. The van der Waals surface area contributed by atoms with E-state index < -0.39 is 0 Å². The zero-order chi connectivity index (χ0) is 13.9. The second-order valence-electron chi connectivity index (χ2n) is 5.48. The maximum absolute atomic E-state index is 13.1. The molecular formula is C18H17FO. The van der Waals surface area contributed by atoms with Gasteiger partial charge in [0.15, 0.2) is 5.78 Å². The van der Waals surface area contributed by atoms with Crippen LogP contribution in [0.2, 0.25) is 0 Å². The fourth-order valence-electron chi connectivity index (χ4n) is 2.62. The molecule has 0 spiro atoms. The van der Waals surface area contributed by atoms with Crippen LogP contribution in [0.3, 0.4) is 0 Å². The van der Waals surface area contributed by atoms with E-state index in [9.17, 15) is 9.18 Å². The Balaban J connectivity index is 1.70. The Morgan fingerprint density at radius 2 is 1.85 bits per heavy atom. The number of hydrogen-bond acceptors (Lipinski definition) is 1. The lowest BCUT2D eigenvalue weighted by atomic mass is 9.80. The van der Waals surface area contributed by atoms with Gasteiger partial charge in [-0.15, -0.1) is 0 Å². The summed E-state index contributed by atoms with van der Waals surface area (Å²) in [6, 6.07) is 14.1. The maximum atomic E-state index is 13.1. The largest absolute Gasteiger partial charge is 0.294 e. The summed E-state index contributed by atoms with van der Waals surface area (Å²) >= 11 is 0. The molecule has 0 saturated heterocycles. The van der Waals surface area contributed by atoms with Crippen LogP contribution in [0.15, 0.2) is 48.5 Å². The molecule has 3 rings (SSSR count). The van der Waals surface area contributed by atoms with Crippen LogP contribution in [-0.4, -0.2) is 5.78 Å². The van der Waals surface area contributed by atoms with Gasteiger partial charge in [-0.25, -0.2) is 4.39 Å². The Hall–Kier alpha value is -1.96. The maximum Gasteiger partial charge on any atom is 0.167 e. The first-order valence-electron chi connectivity index (χ1n) is 7.10. The third-order valence-electron chi connectivity index (χ3n) is 4.06. The number of benzene rings is 2. The Kier molecular flexibility index (Phi) is 3.64. The minimum Gasteiger partial charge on any atom is -0.294 e. The lowest BCUT2D eigenvalue weighted by molar-refractivity contribution is 0.0993. The summed E-state index contributed by atoms with van der Waals surface area (Å²) in [7, 11) is 0. The van der Waals surface area contributed by atoms with E-state index in [1.807, 2.05) is 12.1 Å². The lowest BCUT2D eigenvalue weighted by Crippen LogP contribution is -2.09. The zero-order valence-corrected chi connectivity index (χ0v) is 11.3. The van der Waals surface area contributed by atoms with Gasteiger partial charge in [0.25, 0.3) is 0 Å². The number of carbonyl (C=O) groups is 1. The van der Waals surface area contributed by atoms with Crippen molar-refractivity contribution in [1.82, 2.24) is 0 Å². The molecule has 0 amide bonds. The Morgan fingerprint density at radius 3 is 2.45 bits per heavy atom. The molecule has 2 aromatic rings. The average Bonchev–Trinajstić information content (AvgIpc) is 2.37. The monoisotopic (exact) mass is 268 g/mol. The second kappa shape index (κ2) is 5.58. The van der Waals surface area contributed by atoms with Crippen molar-refractivity contribution in [2.75, 3.05) is 0 Å². The van der Waals surface area contributed by atoms with Crippen LogP contribution >= 0.6 is 0 Å². The number of carbonyl (C=O) groups excluding carboxylic acids is 1. The highest BCUT2D eigenvalue weighted by Gasteiger charge is 2.19. The second-order valence-corrected chi connectivity index (χ2v) is 5.48. The van der Waals surface area contributed by atoms with Crippen LogP contribution in [0.4, 0.5) is 4.39 Å². The lowest BCUT2D eigenvalue weighted by Gasteiger charge is -2.25. The molecule has 102 valence electrons. The van der Waals surface area contributed by atoms with Gasteiger partial charge in [0, 0.05) is 12.0 Å². The zero-order valence-electron chi connectivity index (χ0n) is 11.3. The van der Waals surface area contributed by atoms with Gasteiger partial charge >= 0.3 is 0 Å². The van der Waals surface area contributed by atoms with Crippen LogP contribution in [0.1, 0.15) is 46.7 Å². The summed E-state index contributed by atoms with van der Waals surface area (Å²) in [4.78, 5) is 12.2. The number of halogens is 1. The van der Waals surface area contributed by atoms with Crippen molar-refractivity contribution >= 4 is 5.78 Å². The topological polar surface area (TPSA) is 17.1 Å². The molecule has 0 N–H and O–H groups in total. The molecule has 1 aliphatic rings. The molecule has 20 heavy (non-hydrogen) atoms. The van der Waals surface area contributed by atoms with E-state index in [0.29, 0.717) is 11.5 Å². The number of ketones is 1. The Morgan fingerprint density at radius 1 is 1.10 bits per heavy atom. The SMILES string of the molecule is O=C(Cc1cccc(F)c1)c1ccc(C2CCC2)cc1. The van der Waals surface area contributed by atoms with E-state index in [4.69, 9.17) is 0 Å². The van der Waals surface area contributed by atoms with Gasteiger partial charge < -0.3 is 0 Å². The van der Waals surface area contributed by atoms with Crippen LogP contribution in [0.5, 0.6) is 0 Å². The molecule has 0 bridgehead atoms. The van der Waals surface area contributed by atoms with Crippen molar-refractivity contribution in [2.24, 2.45) is 0 Å². The van der Waals surface area contributed by atoms with E-state index in [0.717, 1.165) is 5.56 Å². The summed E-state index contributed by atoms with van der Waals surface area (Å²) in [6.07, 6.45) is 4.08. The molecule has 0 aromatic heterocycles. The molecular weight excluding hydrogens is 251 g/mol. The van der Waals surface area contributed by atoms with Crippen LogP contribution in [0, 0.1) is 5.82 Å². The van der Waals surface area contributed by atoms with E-state index >= 15 is 0 Å². The van der Waals surface area contributed by atoms with Crippen molar-refractivity contribution in [2.45, 2.75) is 31.6 Å². The average molecular weight is 268 g/mol. The fraction of sp³-hybridized carbons (Fsp3) is 0.278. The van der Waals surface area contributed by atoms with Crippen molar-refractivity contribution in [3.05, 3.63) is 71.0 Å². The van der Waals surface area contributed by atoms with Gasteiger partial charge in [-0.3, -0.25) is 4.79 Å². The van der Waals surface area contributed by atoms with E-state index in [1.54, 1.807) is 12.1 Å². The van der Waals surface area contributed by atoms with Gasteiger partial charge in [-0.2, -0.15) is 0 Å². The van der Waals surface area contributed by atoms with E-state index in [1.165, 1.54) is 37.0 Å². The standard InChI is InChI=1S/C18H17FO/c19-17-6-1-3-13(11-17)12-18(20)16-9-7-15(8-10-16)14-4-2-5-14/h1,3,6-11,14H,2,4-5,12H2. The van der Waals surface area contributed by atoms with Gasteiger partial charge in [0.2, 0.25) is 0 Å². The van der Waals surface area contributed by atoms with Gasteiger partial charge in [0.1, 0.15) is 5.82 Å². The molecule has 2 heteroatoms. The van der Waals surface area contributed by atoms with Crippen LogP contribution in [0.25, 0.3) is 0 Å². The predicted octanol–water partition coefficient (Wildman–Crippen LogP) is 4.52. The van der Waals surface area contributed by atoms with Crippen LogP contribution in [-0.2, 0) is 6.42 Å². The van der Waals surface area contributed by atoms with Gasteiger partial charge in [0.05, 0.1) is 0 Å². The quantitative estimate of drug-likeness (QED) is 0.745. The molecule has 0 radical (unpaired) electrons.